The summed E-state index contributed by atoms with van der Waals surface area (Å²) < 4.78 is 3.80. The van der Waals surface area contributed by atoms with Crippen LogP contribution in [0, 0.1) is 19.8 Å². The number of piperidine rings is 1. The van der Waals surface area contributed by atoms with Gasteiger partial charge in [-0.3, -0.25) is 14.2 Å². The summed E-state index contributed by atoms with van der Waals surface area (Å²) in [6.45, 7) is 7.07. The summed E-state index contributed by atoms with van der Waals surface area (Å²) in [5, 5.41) is 0.589. The number of amides is 1. The molecule has 5 rings (SSSR count). The maximum atomic E-state index is 12.8. The molecule has 2 aromatic carbocycles. The first kappa shape index (κ1) is 21.4. The highest BCUT2D eigenvalue weighted by molar-refractivity contribution is 5.78. The van der Waals surface area contributed by atoms with Crippen molar-refractivity contribution in [2.24, 2.45) is 5.92 Å². The molecule has 2 aromatic heterocycles. The number of nitrogens with zero attached hydrogens (tertiary/aromatic N) is 5. The predicted octanol–water partition coefficient (Wildman–Crippen LogP) is 3.69. The molecule has 1 fully saturated rings. The molecule has 1 aliphatic rings. The van der Waals surface area contributed by atoms with Crippen molar-refractivity contribution in [2.45, 2.75) is 46.2 Å². The Labute approximate surface area is 192 Å². The van der Waals surface area contributed by atoms with Gasteiger partial charge in [-0.25, -0.2) is 9.97 Å². The maximum Gasteiger partial charge on any atom is 0.261 e. The molecule has 1 saturated heterocycles. The minimum Gasteiger partial charge on any atom is -0.343 e. The monoisotopic (exact) mass is 443 g/mol. The Balaban J connectivity index is 1.17. The normalized spacial score (nSPS) is 14.9. The first-order valence-corrected chi connectivity index (χ1v) is 11.6. The molecule has 170 valence electrons. The predicted molar refractivity (Wildman–Crippen MR) is 129 cm³/mol. The Kier molecular flexibility index (Phi) is 5.70. The standard InChI is InChI=1S/C26H29N5O2/c1-18-13-23-24(14-19(18)2)31(17-28-23)15-20-7-10-29(11-8-20)25(32)9-12-30-16-27-22-6-4-3-5-21(22)26(30)33/h3-6,13-14,16-17,20H,7-12,15H2,1-2H3. The summed E-state index contributed by atoms with van der Waals surface area (Å²) in [6.07, 6.45) is 5.76. The number of benzene rings is 2. The molecule has 0 radical (unpaired) electrons. The third-order valence-corrected chi connectivity index (χ3v) is 6.96. The molecule has 0 unspecified atom stereocenters. The minimum absolute atomic E-state index is 0.0925. The van der Waals surface area contributed by atoms with Crippen LogP contribution in [-0.4, -0.2) is 43.0 Å². The number of carbonyl (C=O) groups excluding carboxylic acids is 1. The number of fused-ring (bicyclic) bond motifs is 2. The van der Waals surface area contributed by atoms with E-state index in [0.717, 1.165) is 38.0 Å². The summed E-state index contributed by atoms with van der Waals surface area (Å²) in [7, 11) is 0. The van der Waals surface area contributed by atoms with Gasteiger partial charge in [-0.05, 0) is 68.0 Å². The van der Waals surface area contributed by atoms with Gasteiger partial charge in [0, 0.05) is 32.6 Å². The van der Waals surface area contributed by atoms with E-state index in [1.807, 2.05) is 29.4 Å². The van der Waals surface area contributed by atoms with Crippen LogP contribution in [0.3, 0.4) is 0 Å². The highest BCUT2D eigenvalue weighted by Gasteiger charge is 2.23. The molecule has 1 amide bonds. The Hall–Kier alpha value is -3.48. The van der Waals surface area contributed by atoms with Crippen molar-refractivity contribution in [3.8, 4) is 0 Å². The Bertz CT molecular complexity index is 1380. The number of para-hydroxylation sites is 1. The third-order valence-electron chi connectivity index (χ3n) is 6.96. The number of hydrogen-bond acceptors (Lipinski definition) is 4. The van der Waals surface area contributed by atoms with Gasteiger partial charge in [-0.1, -0.05) is 12.1 Å². The zero-order valence-electron chi connectivity index (χ0n) is 19.2. The van der Waals surface area contributed by atoms with Crippen molar-refractivity contribution in [3.05, 3.63) is 70.5 Å². The van der Waals surface area contributed by atoms with Crippen LogP contribution in [-0.2, 0) is 17.9 Å². The van der Waals surface area contributed by atoms with Crippen molar-refractivity contribution in [2.75, 3.05) is 13.1 Å². The smallest absolute Gasteiger partial charge is 0.261 e. The Morgan fingerprint density at radius 3 is 2.48 bits per heavy atom. The van der Waals surface area contributed by atoms with E-state index >= 15 is 0 Å². The van der Waals surface area contributed by atoms with Crippen LogP contribution in [0.1, 0.15) is 30.4 Å². The molecular formula is C26H29N5O2. The van der Waals surface area contributed by atoms with Crippen LogP contribution in [0.5, 0.6) is 0 Å². The van der Waals surface area contributed by atoms with E-state index < -0.39 is 0 Å². The van der Waals surface area contributed by atoms with Gasteiger partial charge in [-0.2, -0.15) is 0 Å². The number of rotatable bonds is 5. The second-order valence-corrected chi connectivity index (χ2v) is 9.16. The van der Waals surface area contributed by atoms with Crippen LogP contribution >= 0.6 is 0 Å². The van der Waals surface area contributed by atoms with Crippen molar-refractivity contribution < 1.29 is 4.79 Å². The summed E-state index contributed by atoms with van der Waals surface area (Å²) in [5.74, 6) is 0.632. The molecule has 7 heteroatoms. The van der Waals surface area contributed by atoms with Crippen molar-refractivity contribution in [1.82, 2.24) is 24.0 Å². The van der Waals surface area contributed by atoms with Crippen LogP contribution in [0.25, 0.3) is 21.9 Å². The lowest BCUT2D eigenvalue weighted by Gasteiger charge is -2.32. The second-order valence-electron chi connectivity index (χ2n) is 9.16. The summed E-state index contributed by atoms with van der Waals surface area (Å²) >= 11 is 0. The molecule has 33 heavy (non-hydrogen) atoms. The average Bonchev–Trinajstić information content (AvgIpc) is 3.20. The summed E-state index contributed by atoms with van der Waals surface area (Å²) in [5.41, 5.74) is 5.37. The van der Waals surface area contributed by atoms with Crippen LogP contribution in [0.4, 0.5) is 0 Å². The Morgan fingerprint density at radius 2 is 1.67 bits per heavy atom. The highest BCUT2D eigenvalue weighted by atomic mass is 16.2. The zero-order valence-corrected chi connectivity index (χ0v) is 19.2. The number of imidazole rings is 1. The molecule has 7 nitrogen and oxygen atoms in total. The van der Waals surface area contributed by atoms with Gasteiger partial charge in [0.15, 0.2) is 0 Å². The fourth-order valence-corrected chi connectivity index (χ4v) is 4.74. The number of aryl methyl sites for hydroxylation is 3. The van der Waals surface area contributed by atoms with Crippen LogP contribution < -0.4 is 5.56 Å². The van der Waals surface area contributed by atoms with E-state index in [9.17, 15) is 9.59 Å². The van der Waals surface area contributed by atoms with Gasteiger partial charge in [0.25, 0.3) is 5.56 Å². The molecule has 4 aromatic rings. The summed E-state index contributed by atoms with van der Waals surface area (Å²) in [4.78, 5) is 36.3. The number of carbonyl (C=O) groups is 1. The van der Waals surface area contributed by atoms with E-state index in [0.29, 0.717) is 29.8 Å². The number of aromatic nitrogens is 4. The minimum atomic E-state index is -0.0925. The van der Waals surface area contributed by atoms with E-state index in [1.54, 1.807) is 17.0 Å². The molecule has 0 N–H and O–H groups in total. The lowest BCUT2D eigenvalue weighted by Crippen LogP contribution is -2.40. The first-order chi connectivity index (χ1) is 16.0. The molecule has 0 atom stereocenters. The first-order valence-electron chi connectivity index (χ1n) is 11.6. The van der Waals surface area contributed by atoms with E-state index in [4.69, 9.17) is 0 Å². The zero-order chi connectivity index (χ0) is 22.9. The highest BCUT2D eigenvalue weighted by Crippen LogP contribution is 2.24. The average molecular weight is 444 g/mol. The largest absolute Gasteiger partial charge is 0.343 e. The van der Waals surface area contributed by atoms with Gasteiger partial charge < -0.3 is 9.47 Å². The van der Waals surface area contributed by atoms with Gasteiger partial charge in [0.2, 0.25) is 5.91 Å². The van der Waals surface area contributed by atoms with Crippen LogP contribution in [0.2, 0.25) is 0 Å². The maximum absolute atomic E-state index is 12.8. The molecule has 0 spiro atoms. The topological polar surface area (TPSA) is 73.0 Å². The van der Waals surface area contributed by atoms with Crippen molar-refractivity contribution in [1.29, 1.82) is 0 Å². The second kappa shape index (κ2) is 8.81. The van der Waals surface area contributed by atoms with Gasteiger partial charge in [0.1, 0.15) is 0 Å². The number of hydrogen-bond donors (Lipinski definition) is 0. The molecular weight excluding hydrogens is 414 g/mol. The molecule has 0 bridgehead atoms. The quantitative estimate of drug-likeness (QED) is 0.472. The molecule has 0 saturated carbocycles. The van der Waals surface area contributed by atoms with Gasteiger partial charge >= 0.3 is 0 Å². The SMILES string of the molecule is Cc1cc2ncn(CC3CCN(C(=O)CCn4cnc5ccccc5c4=O)CC3)c2cc1C. The lowest BCUT2D eigenvalue weighted by atomic mass is 9.96. The number of likely N-dealkylation sites (tertiary alicyclic amines) is 1. The fourth-order valence-electron chi connectivity index (χ4n) is 4.74. The van der Waals surface area contributed by atoms with Gasteiger partial charge in [0.05, 0.1) is 34.6 Å². The lowest BCUT2D eigenvalue weighted by molar-refractivity contribution is -0.132. The van der Waals surface area contributed by atoms with Crippen molar-refractivity contribution >= 4 is 27.8 Å². The van der Waals surface area contributed by atoms with E-state index in [2.05, 4.69) is 40.5 Å². The van der Waals surface area contributed by atoms with Crippen molar-refractivity contribution in [3.63, 3.8) is 0 Å². The molecule has 3 heterocycles. The molecule has 1 aliphatic heterocycles. The Morgan fingerprint density at radius 1 is 0.970 bits per heavy atom. The van der Waals surface area contributed by atoms with Gasteiger partial charge in [-0.15, -0.1) is 0 Å². The van der Waals surface area contributed by atoms with E-state index in [1.165, 1.54) is 16.6 Å². The fraction of sp³-hybridized carbons (Fsp3) is 0.385. The van der Waals surface area contributed by atoms with E-state index in [-0.39, 0.29) is 11.5 Å². The molecule has 0 aliphatic carbocycles. The summed E-state index contributed by atoms with van der Waals surface area (Å²) in [6, 6.07) is 11.7. The van der Waals surface area contributed by atoms with Crippen LogP contribution in [0.15, 0.2) is 53.8 Å². The third kappa shape index (κ3) is 4.27.